The zero-order chi connectivity index (χ0) is 41.3. The molecule has 0 aromatic heterocycles. The number of oxime groups is 1. The van der Waals surface area contributed by atoms with Gasteiger partial charge in [0.2, 0.25) is 5.79 Å². The number of hydrogen-bond donors (Lipinski definition) is 3. The quantitative estimate of drug-likeness (QED) is 0.0632. The van der Waals surface area contributed by atoms with Crippen molar-refractivity contribution in [2.24, 2.45) is 22.9 Å². The molecule has 2 aliphatic carbocycles. The maximum Gasteiger partial charge on any atom is 0.415 e. The molecule has 15 heteroatoms. The number of nitro benzene ring substituents is 1. The Kier molecular flexibility index (Phi) is 14.4. The van der Waals surface area contributed by atoms with Crippen molar-refractivity contribution < 1.29 is 48.5 Å². The second-order valence-corrected chi connectivity index (χ2v) is 15.6. The molecular weight excluding hydrogens is 736 g/mol. The molecule has 57 heavy (non-hydrogen) atoms. The number of non-ortho nitro benzene ring substituents is 1. The number of aliphatic hydroxyl groups is 2. The molecule has 3 aliphatic rings. The molecule has 310 valence electrons. The van der Waals surface area contributed by atoms with Crippen molar-refractivity contribution in [2.75, 3.05) is 33.4 Å². The summed E-state index contributed by atoms with van der Waals surface area (Å²) >= 11 is 0. The Bertz CT molecular complexity index is 1810. The number of hydrogen-bond acceptors (Lipinski definition) is 12. The van der Waals surface area contributed by atoms with Gasteiger partial charge in [-0.2, -0.15) is 0 Å². The van der Waals surface area contributed by atoms with E-state index in [1.54, 1.807) is 32.2 Å². The molecule has 0 spiro atoms. The summed E-state index contributed by atoms with van der Waals surface area (Å²) in [5, 5.41) is 38.3. The number of likely N-dealkylation sites (N-methyl/N-ethyl adjacent to an activating group) is 1. The fourth-order valence-electron chi connectivity index (χ4n) is 8.21. The van der Waals surface area contributed by atoms with Gasteiger partial charge in [-0.15, -0.1) is 6.58 Å². The molecule has 1 fully saturated rings. The van der Waals surface area contributed by atoms with Crippen molar-refractivity contribution >= 4 is 23.6 Å². The molecule has 0 saturated heterocycles. The number of unbranched alkanes of at least 4 members (excludes halogenated alkanes) is 2. The first-order valence-corrected chi connectivity index (χ1v) is 19.7. The summed E-state index contributed by atoms with van der Waals surface area (Å²) in [7, 11) is 1.59. The number of aliphatic hydroxyl groups excluding tert-OH is 2. The molecular formula is C42H56N4O11. The molecule has 2 aromatic rings. The fraction of sp³-hybridized carbons (Fsp3) is 0.548. The van der Waals surface area contributed by atoms with E-state index in [4.69, 9.17) is 28.9 Å². The van der Waals surface area contributed by atoms with Crippen LogP contribution in [0.5, 0.6) is 17.2 Å². The van der Waals surface area contributed by atoms with Crippen LogP contribution in [0.25, 0.3) is 0 Å². The van der Waals surface area contributed by atoms with Crippen molar-refractivity contribution in [3.05, 3.63) is 82.4 Å². The Morgan fingerprint density at radius 1 is 1.07 bits per heavy atom. The lowest BCUT2D eigenvalue weighted by molar-refractivity contribution is -0.384. The second kappa shape index (κ2) is 19.0. The van der Waals surface area contributed by atoms with Crippen LogP contribution < -0.4 is 19.5 Å². The Hall–Kier alpha value is -4.99. The molecule has 2 aromatic carbocycles. The van der Waals surface area contributed by atoms with Crippen LogP contribution >= 0.6 is 0 Å². The van der Waals surface area contributed by atoms with Gasteiger partial charge in [0.25, 0.3) is 5.69 Å². The third-order valence-electron chi connectivity index (χ3n) is 10.6. The van der Waals surface area contributed by atoms with Gasteiger partial charge in [0, 0.05) is 56.8 Å². The predicted octanol–water partition coefficient (Wildman–Crippen LogP) is 7.27. The maximum atomic E-state index is 14.1. The number of ether oxygens (including phenoxy) is 4. The normalized spacial score (nSPS) is 24.2. The third kappa shape index (κ3) is 9.94. The number of allylic oxidation sites excluding steroid dienone is 1. The summed E-state index contributed by atoms with van der Waals surface area (Å²) in [4.78, 5) is 45.0. The summed E-state index contributed by atoms with van der Waals surface area (Å²) < 4.78 is 25.4. The molecule has 0 bridgehead atoms. The Morgan fingerprint density at radius 2 is 1.75 bits per heavy atom. The van der Waals surface area contributed by atoms with E-state index in [-0.39, 0.29) is 55.4 Å². The molecule has 6 atom stereocenters. The van der Waals surface area contributed by atoms with E-state index >= 15 is 0 Å². The highest BCUT2D eigenvalue weighted by Gasteiger charge is 2.65. The van der Waals surface area contributed by atoms with Crippen LogP contribution in [-0.4, -0.2) is 88.8 Å². The van der Waals surface area contributed by atoms with E-state index in [0.29, 0.717) is 36.6 Å². The summed E-state index contributed by atoms with van der Waals surface area (Å²) in [6.07, 6.45) is 6.85. The number of amides is 2. The van der Waals surface area contributed by atoms with E-state index < -0.39 is 40.5 Å². The van der Waals surface area contributed by atoms with Gasteiger partial charge in [-0.1, -0.05) is 30.1 Å². The van der Waals surface area contributed by atoms with Crippen LogP contribution in [0.3, 0.4) is 0 Å². The zero-order valence-corrected chi connectivity index (χ0v) is 33.5. The zero-order valence-electron chi connectivity index (χ0n) is 33.5. The van der Waals surface area contributed by atoms with Crippen molar-refractivity contribution in [3.8, 4) is 17.2 Å². The number of benzene rings is 2. The van der Waals surface area contributed by atoms with Gasteiger partial charge in [-0.3, -0.25) is 10.1 Å². The van der Waals surface area contributed by atoms with E-state index in [0.717, 1.165) is 36.8 Å². The van der Waals surface area contributed by atoms with Gasteiger partial charge in [0.05, 0.1) is 23.2 Å². The molecule has 1 aliphatic heterocycles. The van der Waals surface area contributed by atoms with Crippen molar-refractivity contribution in [3.63, 3.8) is 0 Å². The first-order valence-electron chi connectivity index (χ1n) is 19.7. The summed E-state index contributed by atoms with van der Waals surface area (Å²) in [5.41, 5.74) is 1.43. The fourth-order valence-corrected chi connectivity index (χ4v) is 8.21. The molecule has 6 unspecified atom stereocenters. The van der Waals surface area contributed by atoms with Crippen LogP contribution in [0.1, 0.15) is 84.1 Å². The van der Waals surface area contributed by atoms with Crippen LogP contribution in [0.4, 0.5) is 15.3 Å². The Balaban J connectivity index is 1.73. The smallest absolute Gasteiger partial charge is 0.415 e. The van der Waals surface area contributed by atoms with Crippen LogP contribution in [0.2, 0.25) is 0 Å². The number of rotatable bonds is 17. The number of fused-ring (bicyclic) bond motifs is 2. The summed E-state index contributed by atoms with van der Waals surface area (Å²) in [5.74, 6) is -1.58. The van der Waals surface area contributed by atoms with Gasteiger partial charge in [-0.05, 0) is 101 Å². The summed E-state index contributed by atoms with van der Waals surface area (Å²) in [6, 6.07) is 9.61. The van der Waals surface area contributed by atoms with Crippen LogP contribution in [-0.2, 0) is 9.57 Å². The molecule has 3 N–H and O–H groups in total. The first kappa shape index (κ1) is 43.1. The van der Waals surface area contributed by atoms with Gasteiger partial charge in [-0.25, -0.2) is 9.59 Å². The topological polar surface area (TPSA) is 192 Å². The number of nitrogens with zero attached hydrogens (tertiary/aromatic N) is 3. The minimum absolute atomic E-state index is 0.00345. The largest absolute Gasteiger partial charge is 0.459 e. The van der Waals surface area contributed by atoms with Gasteiger partial charge in [0.1, 0.15) is 28.9 Å². The monoisotopic (exact) mass is 792 g/mol. The molecule has 0 radical (unpaired) electrons. The van der Waals surface area contributed by atoms with Gasteiger partial charge in [0.15, 0.2) is 0 Å². The lowest BCUT2D eigenvalue weighted by atomic mass is 9.55. The maximum absolute atomic E-state index is 14.1. The highest BCUT2D eigenvalue weighted by atomic mass is 16.7. The number of nitro groups is 1. The number of carbonyl (C=O) groups excluding carboxylic acids is 2. The van der Waals surface area contributed by atoms with E-state index in [1.165, 1.54) is 29.2 Å². The SMILES string of the molecule is C=CCOC12Oc3ccc(OC(=O)NCC)cc3C3C(CCCCO)C(CCCCO)C=C(C(=NOC(C)(C)C)CC1N(C)C(=O)Oc1ccc([N+](=O)[O-])cc1)C32. The minimum atomic E-state index is -1.53. The average molecular weight is 793 g/mol. The molecule has 5 rings (SSSR count). The standard InChI is InChI=1S/C42H56N4O11/c1-7-23-53-42-36(45(6)40(50)55-29-17-15-28(16-18-29)46(51)52)26-34(44-57-41(3,4)5)32-24-27(13-9-11-21-47)31(14-10-12-22-48)37(38(32)42)33-25-30(19-20-35(33)56-42)54-39(49)43-8-2/h7,15-20,24-25,27,31,36-38,47-48H,1,8-14,21-23,26H2,2-6H3,(H,43,49). The lowest BCUT2D eigenvalue weighted by Gasteiger charge is -2.59. The lowest BCUT2D eigenvalue weighted by Crippen LogP contribution is -2.69. The Morgan fingerprint density at radius 3 is 2.39 bits per heavy atom. The molecule has 1 saturated carbocycles. The minimum Gasteiger partial charge on any atom is -0.459 e. The van der Waals surface area contributed by atoms with Gasteiger partial charge < -0.3 is 44.2 Å². The Labute approximate surface area is 333 Å². The number of carbonyl (C=O) groups is 2. The van der Waals surface area contributed by atoms with Crippen LogP contribution in [0.15, 0.2) is 71.9 Å². The van der Waals surface area contributed by atoms with Crippen LogP contribution in [0, 0.1) is 27.9 Å². The van der Waals surface area contributed by atoms with E-state index in [1.807, 2.05) is 26.8 Å². The summed E-state index contributed by atoms with van der Waals surface area (Å²) in [6.45, 7) is 12.0. The predicted molar refractivity (Wildman–Crippen MR) is 212 cm³/mol. The third-order valence-corrected chi connectivity index (χ3v) is 10.6. The van der Waals surface area contributed by atoms with Gasteiger partial charge >= 0.3 is 12.2 Å². The van der Waals surface area contributed by atoms with Crippen molar-refractivity contribution in [1.82, 2.24) is 10.2 Å². The molecule has 15 nitrogen and oxygen atoms in total. The first-order chi connectivity index (χ1) is 27.3. The average Bonchev–Trinajstić information content (AvgIpc) is 3.17. The second-order valence-electron chi connectivity index (χ2n) is 15.6. The van der Waals surface area contributed by atoms with Crippen molar-refractivity contribution in [1.29, 1.82) is 0 Å². The van der Waals surface area contributed by atoms with E-state index in [9.17, 15) is 29.9 Å². The molecule has 2 amide bonds. The highest BCUT2D eigenvalue weighted by Crippen LogP contribution is 2.62. The van der Waals surface area contributed by atoms with Crippen molar-refractivity contribution in [2.45, 2.75) is 96.0 Å². The molecule has 1 heterocycles. The van der Waals surface area contributed by atoms with E-state index in [2.05, 4.69) is 18.0 Å². The highest BCUT2D eigenvalue weighted by molar-refractivity contribution is 6.03. The number of nitrogens with one attached hydrogen (secondary N) is 1.